The second-order valence-electron chi connectivity index (χ2n) is 11.2. The van der Waals surface area contributed by atoms with Crippen LogP contribution in [0.5, 0.6) is 11.5 Å². The standard InChI is InChI=1S/C35H46O9/c1-5-24(3)38-18-7-9-33(37)40-20-8-19-39-30-16-12-27(13-17-30)34-41-25(4)21-31(43-34)23-32-22-29(6-2)42-35(44-32)26-10-14-28(36)15-11-26/h5,10-17,25,29,31-32,34-36H,1,3,6-9,18-23H2,2,4H3. The van der Waals surface area contributed by atoms with E-state index in [1.807, 2.05) is 36.4 Å². The van der Waals surface area contributed by atoms with Gasteiger partial charge in [0.05, 0.1) is 44.2 Å². The average Bonchev–Trinajstić information content (AvgIpc) is 3.03. The van der Waals surface area contributed by atoms with Gasteiger partial charge in [-0.3, -0.25) is 4.79 Å². The van der Waals surface area contributed by atoms with Crippen molar-refractivity contribution in [3.8, 4) is 11.5 Å². The van der Waals surface area contributed by atoms with Crippen molar-refractivity contribution in [2.75, 3.05) is 19.8 Å². The van der Waals surface area contributed by atoms with E-state index in [2.05, 4.69) is 27.0 Å². The molecule has 0 radical (unpaired) electrons. The fraction of sp³-hybridized carbons (Fsp3) is 0.514. The molecule has 0 amide bonds. The largest absolute Gasteiger partial charge is 0.508 e. The SMILES string of the molecule is C=CC(=C)OCCCC(=O)OCCCOc1ccc(C2OC(C)CC(CC3CC(CC)OC(c4ccc(O)cc4)O3)O2)cc1. The van der Waals surface area contributed by atoms with Crippen molar-refractivity contribution < 1.29 is 43.1 Å². The zero-order valence-corrected chi connectivity index (χ0v) is 25.9. The number of phenols is 1. The first-order chi connectivity index (χ1) is 21.3. The molecule has 6 atom stereocenters. The highest BCUT2D eigenvalue weighted by atomic mass is 16.7. The molecule has 0 spiro atoms. The van der Waals surface area contributed by atoms with E-state index in [0.717, 1.165) is 42.6 Å². The van der Waals surface area contributed by atoms with Gasteiger partial charge < -0.3 is 38.3 Å². The predicted octanol–water partition coefficient (Wildman–Crippen LogP) is 7.07. The van der Waals surface area contributed by atoms with Crippen LogP contribution in [0.4, 0.5) is 0 Å². The van der Waals surface area contributed by atoms with Gasteiger partial charge in [-0.2, -0.15) is 0 Å². The molecule has 9 nitrogen and oxygen atoms in total. The lowest BCUT2D eigenvalue weighted by molar-refractivity contribution is -0.275. The Labute approximate surface area is 260 Å². The lowest BCUT2D eigenvalue weighted by atomic mass is 9.98. The van der Waals surface area contributed by atoms with Gasteiger partial charge in [-0.1, -0.05) is 44.3 Å². The molecule has 2 fully saturated rings. The van der Waals surface area contributed by atoms with Gasteiger partial charge in [0.15, 0.2) is 12.6 Å². The van der Waals surface area contributed by atoms with Gasteiger partial charge in [-0.15, -0.1) is 0 Å². The number of carbonyl (C=O) groups excluding carboxylic acids is 1. The molecule has 44 heavy (non-hydrogen) atoms. The van der Waals surface area contributed by atoms with Crippen LogP contribution in [0, 0.1) is 0 Å². The zero-order valence-electron chi connectivity index (χ0n) is 25.9. The maximum absolute atomic E-state index is 11.8. The summed E-state index contributed by atoms with van der Waals surface area (Å²) in [6, 6.07) is 14.7. The summed E-state index contributed by atoms with van der Waals surface area (Å²) in [7, 11) is 0. The first kappa shape index (κ1) is 33.5. The van der Waals surface area contributed by atoms with Crippen molar-refractivity contribution in [3.05, 3.63) is 84.7 Å². The minimum Gasteiger partial charge on any atom is -0.508 e. The van der Waals surface area contributed by atoms with Crippen LogP contribution in [-0.2, 0) is 33.2 Å². The molecule has 1 N–H and O–H groups in total. The summed E-state index contributed by atoms with van der Waals surface area (Å²) in [6.45, 7) is 12.5. The second-order valence-corrected chi connectivity index (χ2v) is 11.2. The van der Waals surface area contributed by atoms with Crippen LogP contribution in [0.2, 0.25) is 0 Å². The van der Waals surface area contributed by atoms with E-state index in [-0.39, 0.29) is 36.1 Å². The number of hydrogen-bond donors (Lipinski definition) is 1. The van der Waals surface area contributed by atoms with Gasteiger partial charge >= 0.3 is 5.97 Å². The number of ether oxygens (including phenoxy) is 7. The lowest BCUT2D eigenvalue weighted by Crippen LogP contribution is -2.39. The summed E-state index contributed by atoms with van der Waals surface area (Å²) in [5, 5.41) is 9.66. The highest BCUT2D eigenvalue weighted by Crippen LogP contribution is 2.37. The van der Waals surface area contributed by atoms with Crippen molar-refractivity contribution in [3.63, 3.8) is 0 Å². The van der Waals surface area contributed by atoms with Gasteiger partial charge in [0.25, 0.3) is 0 Å². The maximum atomic E-state index is 11.8. The van der Waals surface area contributed by atoms with Crippen LogP contribution < -0.4 is 4.74 Å². The Balaban J connectivity index is 1.19. The zero-order chi connectivity index (χ0) is 31.3. The van der Waals surface area contributed by atoms with E-state index in [0.29, 0.717) is 44.8 Å². The van der Waals surface area contributed by atoms with Crippen molar-refractivity contribution in [1.29, 1.82) is 0 Å². The highest BCUT2D eigenvalue weighted by molar-refractivity contribution is 5.69. The molecule has 2 aliphatic rings. The van der Waals surface area contributed by atoms with Crippen LogP contribution in [0.25, 0.3) is 0 Å². The normalized spacial score (nSPS) is 25.1. The molecular weight excluding hydrogens is 564 g/mol. The maximum Gasteiger partial charge on any atom is 0.305 e. The third-order valence-electron chi connectivity index (χ3n) is 7.58. The Kier molecular flexibility index (Phi) is 13.1. The third-order valence-corrected chi connectivity index (χ3v) is 7.58. The second kappa shape index (κ2) is 17.2. The summed E-state index contributed by atoms with van der Waals surface area (Å²) >= 11 is 0. The van der Waals surface area contributed by atoms with Gasteiger partial charge in [0, 0.05) is 36.8 Å². The molecule has 2 saturated heterocycles. The molecule has 9 heteroatoms. The number of hydrogen-bond acceptors (Lipinski definition) is 9. The number of carbonyl (C=O) groups is 1. The van der Waals surface area contributed by atoms with Crippen molar-refractivity contribution in [1.82, 2.24) is 0 Å². The number of allylic oxidation sites excluding steroid dienone is 1. The van der Waals surface area contributed by atoms with E-state index in [4.69, 9.17) is 33.2 Å². The molecule has 240 valence electrons. The third kappa shape index (κ3) is 10.7. The molecule has 0 bridgehead atoms. The van der Waals surface area contributed by atoms with Crippen LogP contribution in [-0.4, -0.2) is 55.3 Å². The Morgan fingerprint density at radius 2 is 1.48 bits per heavy atom. The Morgan fingerprint density at radius 1 is 0.864 bits per heavy atom. The Morgan fingerprint density at radius 3 is 2.16 bits per heavy atom. The molecular formula is C35H46O9. The monoisotopic (exact) mass is 610 g/mol. The quantitative estimate of drug-likeness (QED) is 0.0926. The summed E-state index contributed by atoms with van der Waals surface area (Å²) in [4.78, 5) is 11.8. The molecule has 2 aliphatic heterocycles. The summed E-state index contributed by atoms with van der Waals surface area (Å²) in [6.07, 6.45) is 5.32. The molecule has 0 saturated carbocycles. The molecule has 2 aromatic rings. The van der Waals surface area contributed by atoms with E-state index < -0.39 is 12.6 Å². The van der Waals surface area contributed by atoms with Gasteiger partial charge in [-0.25, -0.2) is 0 Å². The number of esters is 1. The smallest absolute Gasteiger partial charge is 0.305 e. The van der Waals surface area contributed by atoms with Crippen molar-refractivity contribution in [2.45, 2.75) is 95.8 Å². The topological polar surface area (TPSA) is 102 Å². The van der Waals surface area contributed by atoms with Crippen LogP contribution >= 0.6 is 0 Å². The molecule has 0 aliphatic carbocycles. The first-order valence-corrected chi connectivity index (χ1v) is 15.6. The van der Waals surface area contributed by atoms with Crippen molar-refractivity contribution >= 4 is 5.97 Å². The Hall–Kier alpha value is -3.37. The summed E-state index contributed by atoms with van der Waals surface area (Å²) in [5.41, 5.74) is 1.81. The van der Waals surface area contributed by atoms with Crippen molar-refractivity contribution in [2.24, 2.45) is 0 Å². The van der Waals surface area contributed by atoms with Gasteiger partial charge in [0.2, 0.25) is 0 Å². The molecule has 4 rings (SSSR count). The number of phenolic OH excluding ortho intramolecular Hbond substituents is 1. The fourth-order valence-corrected chi connectivity index (χ4v) is 5.20. The van der Waals surface area contributed by atoms with E-state index in [1.165, 1.54) is 6.08 Å². The predicted molar refractivity (Wildman–Crippen MR) is 165 cm³/mol. The minimum absolute atomic E-state index is 0.0182. The van der Waals surface area contributed by atoms with Crippen LogP contribution in [0.3, 0.4) is 0 Å². The summed E-state index contributed by atoms with van der Waals surface area (Å²) < 4.78 is 41.5. The average molecular weight is 611 g/mol. The molecule has 2 aromatic carbocycles. The van der Waals surface area contributed by atoms with Crippen LogP contribution in [0.15, 0.2) is 73.5 Å². The number of rotatable bonds is 16. The molecule has 2 heterocycles. The fourth-order valence-electron chi connectivity index (χ4n) is 5.20. The molecule has 0 aromatic heterocycles. The minimum atomic E-state index is -0.479. The Bertz CT molecular complexity index is 1180. The van der Waals surface area contributed by atoms with Gasteiger partial charge in [0.1, 0.15) is 17.3 Å². The van der Waals surface area contributed by atoms with E-state index in [1.54, 1.807) is 12.1 Å². The number of aromatic hydroxyl groups is 1. The number of benzene rings is 2. The van der Waals surface area contributed by atoms with E-state index in [9.17, 15) is 9.90 Å². The summed E-state index contributed by atoms with van der Waals surface area (Å²) in [5.74, 6) is 1.18. The first-order valence-electron chi connectivity index (χ1n) is 15.6. The molecule has 6 unspecified atom stereocenters. The van der Waals surface area contributed by atoms with Crippen LogP contribution in [0.1, 0.15) is 82.5 Å². The van der Waals surface area contributed by atoms with E-state index >= 15 is 0 Å². The highest BCUT2D eigenvalue weighted by Gasteiger charge is 2.35. The van der Waals surface area contributed by atoms with Gasteiger partial charge in [-0.05, 0) is 56.5 Å². The lowest BCUT2D eigenvalue weighted by Gasteiger charge is -2.40.